The number of amides is 2. The van der Waals surface area contributed by atoms with Crippen LogP contribution in [-0.4, -0.2) is 50.5 Å². The van der Waals surface area contributed by atoms with Gasteiger partial charge < -0.3 is 10.2 Å². The summed E-state index contributed by atoms with van der Waals surface area (Å²) in [6.45, 7) is 6.75. The minimum atomic E-state index is -3.56. The summed E-state index contributed by atoms with van der Waals surface area (Å²) in [5.41, 5.74) is 2.49. The second-order valence-corrected chi connectivity index (χ2v) is 11.1. The molecule has 0 saturated carbocycles. The number of hydrogen-bond acceptors (Lipinski definition) is 4. The summed E-state index contributed by atoms with van der Waals surface area (Å²) >= 11 is 6.04. The summed E-state index contributed by atoms with van der Waals surface area (Å²) < 4.78 is 26.0. The molecule has 0 radical (unpaired) electrons. The van der Waals surface area contributed by atoms with Crippen molar-refractivity contribution in [3.63, 3.8) is 0 Å². The third-order valence-electron chi connectivity index (χ3n) is 5.72. The first-order chi connectivity index (χ1) is 16.5. The van der Waals surface area contributed by atoms with E-state index in [0.717, 1.165) is 30.2 Å². The fraction of sp³-hybridized carbons (Fsp3) is 0.462. The van der Waals surface area contributed by atoms with Crippen molar-refractivity contribution in [2.45, 2.75) is 59.0 Å². The molecule has 0 bridgehead atoms. The van der Waals surface area contributed by atoms with Crippen LogP contribution in [0.3, 0.4) is 0 Å². The number of aryl methyl sites for hydroxylation is 1. The van der Waals surface area contributed by atoms with E-state index in [0.29, 0.717) is 30.2 Å². The van der Waals surface area contributed by atoms with Gasteiger partial charge in [0.15, 0.2) is 0 Å². The van der Waals surface area contributed by atoms with E-state index in [2.05, 4.69) is 5.32 Å². The lowest BCUT2D eigenvalue weighted by Crippen LogP contribution is -2.48. The number of carbonyl (C=O) groups excluding carboxylic acids is 2. The van der Waals surface area contributed by atoms with E-state index >= 15 is 0 Å². The molecule has 0 saturated heterocycles. The van der Waals surface area contributed by atoms with E-state index in [1.54, 1.807) is 36.1 Å². The molecule has 0 heterocycles. The standard InChI is InChI=1S/C26H36ClN3O4S/c1-5-6-16-28-26(32)21(3)29(19-22-14-12-20(2)13-15-22)25(31)11-8-17-30(35(4,33)34)24-10-7-9-23(27)18-24/h7,9-10,12-15,18,21H,5-6,8,11,16-17,19H2,1-4H3,(H,28,32)/t21-/m1/s1. The van der Waals surface area contributed by atoms with E-state index in [1.165, 1.54) is 4.31 Å². The van der Waals surface area contributed by atoms with Gasteiger partial charge in [0.25, 0.3) is 0 Å². The third-order valence-corrected chi connectivity index (χ3v) is 7.15. The molecule has 0 aliphatic carbocycles. The predicted molar refractivity (Wildman–Crippen MR) is 142 cm³/mol. The maximum atomic E-state index is 13.3. The molecule has 192 valence electrons. The van der Waals surface area contributed by atoms with Crippen molar-refractivity contribution < 1.29 is 18.0 Å². The van der Waals surface area contributed by atoms with Gasteiger partial charge in [0, 0.05) is 31.1 Å². The highest BCUT2D eigenvalue weighted by molar-refractivity contribution is 7.92. The lowest BCUT2D eigenvalue weighted by molar-refractivity contribution is -0.140. The Balaban J connectivity index is 2.13. The van der Waals surface area contributed by atoms with Gasteiger partial charge in [-0.1, -0.05) is 60.8 Å². The Morgan fingerprint density at radius 1 is 1.09 bits per heavy atom. The van der Waals surface area contributed by atoms with Crippen molar-refractivity contribution in [3.05, 3.63) is 64.7 Å². The first-order valence-electron chi connectivity index (χ1n) is 11.9. The highest BCUT2D eigenvalue weighted by Gasteiger charge is 2.26. The smallest absolute Gasteiger partial charge is 0.242 e. The fourth-order valence-electron chi connectivity index (χ4n) is 3.64. The van der Waals surface area contributed by atoms with Crippen LogP contribution in [-0.2, 0) is 26.2 Å². The highest BCUT2D eigenvalue weighted by Crippen LogP contribution is 2.22. The Hall–Kier alpha value is -2.58. The lowest BCUT2D eigenvalue weighted by Gasteiger charge is -2.29. The molecule has 9 heteroatoms. The minimum absolute atomic E-state index is 0.102. The topological polar surface area (TPSA) is 86.8 Å². The molecule has 0 aliphatic heterocycles. The molecule has 2 rings (SSSR count). The number of nitrogens with one attached hydrogen (secondary N) is 1. The van der Waals surface area contributed by atoms with Crippen LogP contribution in [0.2, 0.25) is 5.02 Å². The van der Waals surface area contributed by atoms with Crippen molar-refractivity contribution in [2.24, 2.45) is 0 Å². The molecule has 0 fully saturated rings. The summed E-state index contributed by atoms with van der Waals surface area (Å²) in [5.74, 6) is -0.404. The summed E-state index contributed by atoms with van der Waals surface area (Å²) in [4.78, 5) is 27.6. The second-order valence-electron chi connectivity index (χ2n) is 8.75. The number of rotatable bonds is 13. The molecule has 0 unspecified atom stereocenters. The molecule has 2 aromatic rings. The average molecular weight is 522 g/mol. The summed E-state index contributed by atoms with van der Waals surface area (Å²) in [6, 6.07) is 13.8. The van der Waals surface area contributed by atoms with Crippen LogP contribution < -0.4 is 9.62 Å². The normalized spacial score (nSPS) is 12.1. The molecule has 35 heavy (non-hydrogen) atoms. The number of sulfonamides is 1. The monoisotopic (exact) mass is 521 g/mol. The number of carbonyl (C=O) groups is 2. The molecule has 0 aromatic heterocycles. The zero-order chi connectivity index (χ0) is 26.0. The zero-order valence-electron chi connectivity index (χ0n) is 21.0. The number of nitrogens with zero attached hydrogens (tertiary/aromatic N) is 2. The van der Waals surface area contributed by atoms with E-state index in [1.807, 2.05) is 38.1 Å². The highest BCUT2D eigenvalue weighted by atomic mass is 35.5. The van der Waals surface area contributed by atoms with Gasteiger partial charge in [0.05, 0.1) is 11.9 Å². The Bertz CT molecular complexity index is 1090. The van der Waals surface area contributed by atoms with Gasteiger partial charge in [-0.25, -0.2) is 8.42 Å². The Labute approximate surface area is 214 Å². The average Bonchev–Trinajstić information content (AvgIpc) is 2.80. The first kappa shape index (κ1) is 28.7. The summed E-state index contributed by atoms with van der Waals surface area (Å²) in [6.07, 6.45) is 3.36. The van der Waals surface area contributed by atoms with Crippen LogP contribution in [0.1, 0.15) is 50.7 Å². The van der Waals surface area contributed by atoms with Gasteiger partial charge in [-0.05, 0) is 50.5 Å². The van der Waals surface area contributed by atoms with E-state index in [-0.39, 0.29) is 24.8 Å². The first-order valence-corrected chi connectivity index (χ1v) is 14.1. The van der Waals surface area contributed by atoms with E-state index < -0.39 is 16.1 Å². The molecule has 0 spiro atoms. The quantitative estimate of drug-likeness (QED) is 0.392. The van der Waals surface area contributed by atoms with Crippen LogP contribution in [0.5, 0.6) is 0 Å². The van der Waals surface area contributed by atoms with Crippen molar-refractivity contribution in [1.29, 1.82) is 0 Å². The number of halogens is 1. The predicted octanol–water partition coefficient (Wildman–Crippen LogP) is 4.53. The number of hydrogen-bond donors (Lipinski definition) is 1. The third kappa shape index (κ3) is 9.18. The number of unbranched alkanes of at least 4 members (excludes halogenated alkanes) is 1. The maximum absolute atomic E-state index is 13.3. The minimum Gasteiger partial charge on any atom is -0.354 e. The van der Waals surface area contributed by atoms with Gasteiger partial charge in [-0.2, -0.15) is 0 Å². The van der Waals surface area contributed by atoms with E-state index in [4.69, 9.17) is 11.6 Å². The lowest BCUT2D eigenvalue weighted by atomic mass is 10.1. The Kier molecular flexibility index (Phi) is 11.0. The zero-order valence-corrected chi connectivity index (χ0v) is 22.5. The van der Waals surface area contributed by atoms with Crippen LogP contribution in [0.4, 0.5) is 5.69 Å². The molecule has 1 atom stereocenters. The summed E-state index contributed by atoms with van der Waals surface area (Å²) in [7, 11) is -3.56. The second kappa shape index (κ2) is 13.5. The van der Waals surface area contributed by atoms with Gasteiger partial charge in [-0.3, -0.25) is 13.9 Å². The molecule has 2 amide bonds. The summed E-state index contributed by atoms with van der Waals surface area (Å²) in [5, 5.41) is 3.33. The van der Waals surface area contributed by atoms with Crippen LogP contribution in [0, 0.1) is 6.92 Å². The van der Waals surface area contributed by atoms with E-state index in [9.17, 15) is 18.0 Å². The molecular weight excluding hydrogens is 486 g/mol. The van der Waals surface area contributed by atoms with Crippen molar-refractivity contribution in [3.8, 4) is 0 Å². The largest absolute Gasteiger partial charge is 0.354 e. The van der Waals surface area contributed by atoms with Crippen molar-refractivity contribution in [2.75, 3.05) is 23.7 Å². The fourth-order valence-corrected chi connectivity index (χ4v) is 4.79. The molecule has 0 aliphatic rings. The SMILES string of the molecule is CCCCNC(=O)[C@@H](C)N(Cc1ccc(C)cc1)C(=O)CCCN(c1cccc(Cl)c1)S(C)(=O)=O. The van der Waals surface area contributed by atoms with Crippen LogP contribution in [0.25, 0.3) is 0 Å². The maximum Gasteiger partial charge on any atom is 0.242 e. The Morgan fingerprint density at radius 3 is 2.37 bits per heavy atom. The molecule has 1 N–H and O–H groups in total. The van der Waals surface area contributed by atoms with Gasteiger partial charge in [0.2, 0.25) is 21.8 Å². The van der Waals surface area contributed by atoms with Crippen LogP contribution >= 0.6 is 11.6 Å². The van der Waals surface area contributed by atoms with Gasteiger partial charge >= 0.3 is 0 Å². The molecule has 7 nitrogen and oxygen atoms in total. The van der Waals surface area contributed by atoms with Gasteiger partial charge in [0.1, 0.15) is 6.04 Å². The number of anilines is 1. The molecule has 2 aromatic carbocycles. The van der Waals surface area contributed by atoms with Crippen molar-refractivity contribution in [1.82, 2.24) is 10.2 Å². The Morgan fingerprint density at radius 2 is 1.77 bits per heavy atom. The van der Waals surface area contributed by atoms with Gasteiger partial charge in [-0.15, -0.1) is 0 Å². The van der Waals surface area contributed by atoms with Crippen molar-refractivity contribution >= 4 is 39.1 Å². The number of benzene rings is 2. The molecular formula is C26H36ClN3O4S. The van der Waals surface area contributed by atoms with Crippen LogP contribution in [0.15, 0.2) is 48.5 Å².